The number of sulfonamides is 1. The Kier molecular flexibility index (Phi) is 6.70. The molecule has 2 aromatic carbocycles. The highest BCUT2D eigenvalue weighted by Crippen LogP contribution is 2.19. The fourth-order valence-electron chi connectivity index (χ4n) is 2.26. The first-order valence-corrected chi connectivity index (χ1v) is 9.69. The molecule has 0 aliphatic rings. The summed E-state index contributed by atoms with van der Waals surface area (Å²) in [5.74, 6) is -0.698. The highest BCUT2D eigenvalue weighted by atomic mass is 32.2. The van der Waals surface area contributed by atoms with Gasteiger partial charge in [0, 0.05) is 17.8 Å². The van der Waals surface area contributed by atoms with Crippen LogP contribution >= 0.6 is 0 Å². The molecule has 0 saturated carbocycles. The van der Waals surface area contributed by atoms with Gasteiger partial charge in [0.15, 0.2) is 0 Å². The number of halogens is 1. The van der Waals surface area contributed by atoms with Crippen LogP contribution in [0, 0.1) is 12.7 Å². The van der Waals surface area contributed by atoms with Crippen molar-refractivity contribution in [1.29, 1.82) is 0 Å². The minimum Gasteiger partial charge on any atom is -0.352 e. The van der Waals surface area contributed by atoms with Gasteiger partial charge in [0.1, 0.15) is 5.82 Å². The lowest BCUT2D eigenvalue weighted by Crippen LogP contribution is -2.24. The molecule has 8 heteroatoms. The van der Waals surface area contributed by atoms with Gasteiger partial charge in [-0.05, 0) is 74.3 Å². The number of hydrogen-bond donors (Lipinski definition) is 3. The zero-order chi connectivity index (χ0) is 19.2. The van der Waals surface area contributed by atoms with Crippen molar-refractivity contribution in [3.63, 3.8) is 0 Å². The number of carbonyl (C=O) groups excluding carboxylic acids is 1. The molecule has 6 nitrogen and oxygen atoms in total. The second-order valence-corrected chi connectivity index (χ2v) is 7.53. The van der Waals surface area contributed by atoms with Gasteiger partial charge in [-0.2, -0.15) is 0 Å². The number of amides is 1. The first kappa shape index (κ1) is 19.9. The Morgan fingerprint density at radius 2 is 1.81 bits per heavy atom. The Balaban J connectivity index is 2.03. The molecule has 0 unspecified atom stereocenters. The van der Waals surface area contributed by atoms with Crippen molar-refractivity contribution < 1.29 is 17.6 Å². The molecule has 0 spiro atoms. The van der Waals surface area contributed by atoms with Gasteiger partial charge in [-0.15, -0.1) is 0 Å². The topological polar surface area (TPSA) is 101 Å². The fraction of sp³-hybridized carbons (Fsp3) is 0.278. The molecule has 0 bridgehead atoms. The van der Waals surface area contributed by atoms with Crippen LogP contribution < -0.4 is 15.8 Å². The van der Waals surface area contributed by atoms with Crippen molar-refractivity contribution >= 4 is 21.6 Å². The minimum atomic E-state index is -3.84. The minimum absolute atomic E-state index is 0.0295. The van der Waals surface area contributed by atoms with Crippen molar-refractivity contribution in [3.05, 3.63) is 59.4 Å². The molecule has 2 rings (SSSR count). The Bertz CT molecular complexity index is 868. The quantitative estimate of drug-likeness (QED) is 0.613. The summed E-state index contributed by atoms with van der Waals surface area (Å²) in [6.07, 6.45) is 1.64. The molecule has 0 aromatic heterocycles. The highest BCUT2D eigenvalue weighted by Gasteiger charge is 2.16. The number of hydrogen-bond acceptors (Lipinski definition) is 4. The molecule has 1 amide bonds. The zero-order valence-corrected chi connectivity index (χ0v) is 15.3. The van der Waals surface area contributed by atoms with Crippen LogP contribution in [-0.2, 0) is 10.0 Å². The number of nitrogens with one attached hydrogen (secondary N) is 2. The largest absolute Gasteiger partial charge is 0.352 e. The predicted octanol–water partition coefficient (Wildman–Crippen LogP) is 2.40. The van der Waals surface area contributed by atoms with Crippen molar-refractivity contribution in [3.8, 4) is 0 Å². The molecule has 0 radical (unpaired) electrons. The molecule has 0 fully saturated rings. The summed E-state index contributed by atoms with van der Waals surface area (Å²) in [6.45, 7) is 2.61. The van der Waals surface area contributed by atoms with E-state index < -0.39 is 15.8 Å². The summed E-state index contributed by atoms with van der Waals surface area (Å²) in [7, 11) is -3.84. The summed E-state index contributed by atoms with van der Waals surface area (Å²) in [4.78, 5) is 11.9. The first-order valence-electron chi connectivity index (χ1n) is 8.21. The first-order chi connectivity index (χ1) is 12.3. The molecule has 0 saturated heterocycles. The molecule has 0 heterocycles. The van der Waals surface area contributed by atoms with Gasteiger partial charge in [-0.3, -0.25) is 9.52 Å². The molecule has 140 valence electrons. The van der Waals surface area contributed by atoms with Gasteiger partial charge in [0.2, 0.25) is 0 Å². The van der Waals surface area contributed by atoms with Crippen LogP contribution in [0.4, 0.5) is 10.1 Å². The lowest BCUT2D eigenvalue weighted by atomic mass is 10.2. The van der Waals surface area contributed by atoms with Crippen LogP contribution in [0.25, 0.3) is 0 Å². The van der Waals surface area contributed by atoms with E-state index in [4.69, 9.17) is 5.73 Å². The smallest absolute Gasteiger partial charge is 0.261 e. The van der Waals surface area contributed by atoms with Gasteiger partial charge in [0.05, 0.1) is 4.90 Å². The monoisotopic (exact) mass is 379 g/mol. The maximum absolute atomic E-state index is 13.3. The molecule has 0 atom stereocenters. The summed E-state index contributed by atoms with van der Waals surface area (Å²) >= 11 is 0. The highest BCUT2D eigenvalue weighted by molar-refractivity contribution is 7.92. The van der Waals surface area contributed by atoms with Gasteiger partial charge < -0.3 is 11.1 Å². The van der Waals surface area contributed by atoms with E-state index in [2.05, 4.69) is 10.0 Å². The standard InChI is InChI=1S/C18H22FN3O3S/c1-13-12-16(8-9-17(13)19)26(24,25)22-15-6-4-14(5-7-15)18(23)21-11-3-2-10-20/h4-9,12,22H,2-3,10-11,20H2,1H3,(H,21,23). The zero-order valence-electron chi connectivity index (χ0n) is 14.5. The maximum atomic E-state index is 13.3. The van der Waals surface area contributed by atoms with E-state index in [1.165, 1.54) is 43.3 Å². The average Bonchev–Trinajstić information content (AvgIpc) is 2.61. The van der Waals surface area contributed by atoms with E-state index in [-0.39, 0.29) is 16.4 Å². The lowest BCUT2D eigenvalue weighted by molar-refractivity contribution is 0.0953. The van der Waals surface area contributed by atoms with Crippen molar-refractivity contribution in [1.82, 2.24) is 5.32 Å². The molecule has 4 N–H and O–H groups in total. The van der Waals surface area contributed by atoms with Crippen molar-refractivity contribution in [2.75, 3.05) is 17.8 Å². The maximum Gasteiger partial charge on any atom is 0.261 e. The average molecular weight is 379 g/mol. The van der Waals surface area contributed by atoms with E-state index >= 15 is 0 Å². The summed E-state index contributed by atoms with van der Waals surface area (Å²) in [5, 5.41) is 2.77. The number of carbonyl (C=O) groups is 1. The van der Waals surface area contributed by atoms with Gasteiger partial charge in [-0.1, -0.05) is 0 Å². The number of aryl methyl sites for hydroxylation is 1. The van der Waals surface area contributed by atoms with E-state index in [0.29, 0.717) is 24.3 Å². The van der Waals surface area contributed by atoms with Gasteiger partial charge in [-0.25, -0.2) is 12.8 Å². The Morgan fingerprint density at radius 1 is 1.12 bits per heavy atom. The third-order valence-corrected chi connectivity index (χ3v) is 5.13. The molecular formula is C18H22FN3O3S. The normalized spacial score (nSPS) is 11.2. The Morgan fingerprint density at radius 3 is 2.42 bits per heavy atom. The number of unbranched alkanes of at least 4 members (excludes halogenated alkanes) is 1. The SMILES string of the molecule is Cc1cc(S(=O)(=O)Nc2ccc(C(=O)NCCCCN)cc2)ccc1F. The molecule has 0 aliphatic heterocycles. The fourth-order valence-corrected chi connectivity index (χ4v) is 3.40. The third kappa shape index (κ3) is 5.27. The van der Waals surface area contributed by atoms with E-state index in [1.54, 1.807) is 0 Å². The van der Waals surface area contributed by atoms with Crippen LogP contribution in [0.2, 0.25) is 0 Å². The number of benzene rings is 2. The van der Waals surface area contributed by atoms with Crippen LogP contribution in [0.1, 0.15) is 28.8 Å². The van der Waals surface area contributed by atoms with Crippen molar-refractivity contribution in [2.45, 2.75) is 24.7 Å². The molecule has 26 heavy (non-hydrogen) atoms. The number of rotatable bonds is 8. The van der Waals surface area contributed by atoms with E-state index in [1.807, 2.05) is 0 Å². The summed E-state index contributed by atoms with van der Waals surface area (Å²) in [6, 6.07) is 9.65. The lowest BCUT2D eigenvalue weighted by Gasteiger charge is -2.10. The van der Waals surface area contributed by atoms with Crippen LogP contribution in [0.5, 0.6) is 0 Å². The van der Waals surface area contributed by atoms with Gasteiger partial charge >= 0.3 is 0 Å². The van der Waals surface area contributed by atoms with E-state index in [0.717, 1.165) is 18.9 Å². The predicted molar refractivity (Wildman–Crippen MR) is 99.0 cm³/mol. The number of nitrogens with two attached hydrogens (primary N) is 1. The van der Waals surface area contributed by atoms with E-state index in [9.17, 15) is 17.6 Å². The molecular weight excluding hydrogens is 357 g/mol. The van der Waals surface area contributed by atoms with Crippen molar-refractivity contribution in [2.24, 2.45) is 5.73 Å². The Hall–Kier alpha value is -2.45. The van der Waals surface area contributed by atoms with Crippen LogP contribution in [0.3, 0.4) is 0 Å². The Labute approximate surface area is 152 Å². The number of anilines is 1. The molecule has 2 aromatic rings. The van der Waals surface area contributed by atoms with Gasteiger partial charge in [0.25, 0.3) is 15.9 Å². The molecule has 0 aliphatic carbocycles. The second-order valence-electron chi connectivity index (χ2n) is 5.85. The van der Waals surface area contributed by atoms with Crippen LogP contribution in [-0.4, -0.2) is 27.4 Å². The second kappa shape index (κ2) is 8.77. The summed E-state index contributed by atoms with van der Waals surface area (Å²) < 4.78 is 40.4. The van der Waals surface area contributed by atoms with Crippen LogP contribution in [0.15, 0.2) is 47.4 Å². The summed E-state index contributed by atoms with van der Waals surface area (Å²) in [5.41, 5.74) is 6.38. The third-order valence-electron chi connectivity index (χ3n) is 3.76.